The van der Waals surface area contributed by atoms with Crippen LogP contribution in [0.3, 0.4) is 0 Å². The second-order valence-corrected chi connectivity index (χ2v) is 5.51. The average molecular weight is 316 g/mol. The lowest BCUT2D eigenvalue weighted by atomic mass is 9.97. The van der Waals surface area contributed by atoms with Crippen LogP contribution in [0.25, 0.3) is 0 Å². The van der Waals surface area contributed by atoms with E-state index >= 15 is 0 Å². The Morgan fingerprint density at radius 3 is 2.96 bits per heavy atom. The number of likely N-dealkylation sites (tertiary alicyclic amines) is 1. The van der Waals surface area contributed by atoms with Crippen LogP contribution in [0.2, 0.25) is 0 Å². The van der Waals surface area contributed by atoms with E-state index in [1.54, 1.807) is 11.8 Å². The molecule has 1 N–H and O–H groups in total. The van der Waals surface area contributed by atoms with Crippen molar-refractivity contribution in [2.24, 2.45) is 0 Å². The molecule has 0 aromatic carbocycles. The van der Waals surface area contributed by atoms with Crippen LogP contribution in [0.5, 0.6) is 0 Å². The zero-order valence-corrected chi connectivity index (χ0v) is 12.6. The molecule has 0 spiro atoms. The minimum Gasteiger partial charge on any atom is -0.477 e. The summed E-state index contributed by atoms with van der Waals surface area (Å²) in [5, 5.41) is 12.8. The monoisotopic (exact) mass is 316 g/mol. The molecule has 8 heteroatoms. The number of amides is 1. The van der Waals surface area contributed by atoms with Gasteiger partial charge in [0.1, 0.15) is 5.69 Å². The lowest BCUT2D eigenvalue weighted by molar-refractivity contribution is 0.0690. The number of aromatic nitrogens is 3. The smallest absolute Gasteiger partial charge is 0.354 e. The van der Waals surface area contributed by atoms with Gasteiger partial charge in [0.2, 0.25) is 5.89 Å². The molecular weight excluding hydrogens is 300 g/mol. The first-order valence-electron chi connectivity index (χ1n) is 7.33. The highest BCUT2D eigenvalue weighted by Crippen LogP contribution is 2.26. The van der Waals surface area contributed by atoms with Crippen LogP contribution >= 0.6 is 0 Å². The molecule has 0 bridgehead atoms. The van der Waals surface area contributed by atoms with Gasteiger partial charge >= 0.3 is 5.97 Å². The molecule has 2 aromatic heterocycles. The second kappa shape index (κ2) is 6.15. The quantitative estimate of drug-likeness (QED) is 0.913. The van der Waals surface area contributed by atoms with Crippen LogP contribution in [0.15, 0.2) is 22.9 Å². The van der Waals surface area contributed by atoms with E-state index in [0.717, 1.165) is 12.8 Å². The number of pyridine rings is 1. The van der Waals surface area contributed by atoms with Gasteiger partial charge in [0.15, 0.2) is 5.82 Å². The summed E-state index contributed by atoms with van der Waals surface area (Å²) in [6.45, 7) is 2.85. The molecular formula is C15H16N4O4. The number of carbonyl (C=O) groups is 2. The highest BCUT2D eigenvalue weighted by Gasteiger charge is 2.29. The zero-order valence-electron chi connectivity index (χ0n) is 12.6. The predicted molar refractivity (Wildman–Crippen MR) is 78.1 cm³/mol. The standard InChI is InChI=1S/C15H16N4O4/c1-9-17-13(23-18-9)11-3-2-6-19(8-11)14(20)10-4-5-16-12(7-10)15(21)22/h4-5,7,11H,2-3,6,8H2,1H3,(H,21,22). The van der Waals surface area contributed by atoms with E-state index in [9.17, 15) is 9.59 Å². The molecule has 1 unspecified atom stereocenters. The van der Waals surface area contributed by atoms with Gasteiger partial charge in [0.05, 0.1) is 5.92 Å². The lowest BCUT2D eigenvalue weighted by Gasteiger charge is -2.31. The fourth-order valence-electron chi connectivity index (χ4n) is 2.71. The van der Waals surface area contributed by atoms with Crippen molar-refractivity contribution in [3.63, 3.8) is 0 Å². The van der Waals surface area contributed by atoms with Crippen LogP contribution in [0.4, 0.5) is 0 Å². The maximum atomic E-state index is 12.6. The summed E-state index contributed by atoms with van der Waals surface area (Å²) >= 11 is 0. The molecule has 2 aromatic rings. The third-order valence-electron chi connectivity index (χ3n) is 3.83. The number of carboxylic acid groups (broad SMARTS) is 1. The molecule has 120 valence electrons. The predicted octanol–water partition coefficient (Wildman–Crippen LogP) is 1.49. The number of aromatic carboxylic acids is 1. The molecule has 1 aliphatic heterocycles. The van der Waals surface area contributed by atoms with Gasteiger partial charge in [0.25, 0.3) is 5.91 Å². The van der Waals surface area contributed by atoms with E-state index in [4.69, 9.17) is 9.63 Å². The van der Waals surface area contributed by atoms with Crippen LogP contribution in [-0.4, -0.2) is 50.1 Å². The highest BCUT2D eigenvalue weighted by atomic mass is 16.5. The number of piperidine rings is 1. The summed E-state index contributed by atoms with van der Waals surface area (Å²) in [7, 11) is 0. The van der Waals surface area contributed by atoms with E-state index in [2.05, 4.69) is 15.1 Å². The van der Waals surface area contributed by atoms with E-state index in [1.165, 1.54) is 18.3 Å². The Morgan fingerprint density at radius 1 is 1.43 bits per heavy atom. The number of hydrogen-bond donors (Lipinski definition) is 1. The Hall–Kier alpha value is -2.77. The summed E-state index contributed by atoms with van der Waals surface area (Å²) < 4.78 is 5.20. The summed E-state index contributed by atoms with van der Waals surface area (Å²) in [5.41, 5.74) is 0.177. The van der Waals surface area contributed by atoms with Crippen molar-refractivity contribution in [2.75, 3.05) is 13.1 Å². The highest BCUT2D eigenvalue weighted by molar-refractivity contribution is 5.96. The largest absolute Gasteiger partial charge is 0.477 e. The van der Waals surface area contributed by atoms with Gasteiger partial charge in [-0.05, 0) is 31.9 Å². The number of carboxylic acids is 1. The Morgan fingerprint density at radius 2 is 2.26 bits per heavy atom. The maximum Gasteiger partial charge on any atom is 0.354 e. The molecule has 1 aliphatic rings. The fourth-order valence-corrected chi connectivity index (χ4v) is 2.71. The third kappa shape index (κ3) is 3.20. The minimum atomic E-state index is -1.16. The van der Waals surface area contributed by atoms with Crippen LogP contribution in [0, 0.1) is 6.92 Å². The van der Waals surface area contributed by atoms with Crippen LogP contribution in [0.1, 0.15) is 51.3 Å². The van der Waals surface area contributed by atoms with Crippen molar-refractivity contribution in [3.8, 4) is 0 Å². The van der Waals surface area contributed by atoms with Gasteiger partial charge in [-0.2, -0.15) is 4.98 Å². The van der Waals surface area contributed by atoms with E-state index in [1.807, 2.05) is 0 Å². The van der Waals surface area contributed by atoms with E-state index < -0.39 is 5.97 Å². The van der Waals surface area contributed by atoms with Crippen molar-refractivity contribution >= 4 is 11.9 Å². The zero-order chi connectivity index (χ0) is 16.4. The Labute approximate surface area is 132 Å². The van der Waals surface area contributed by atoms with E-state index in [0.29, 0.717) is 30.4 Å². The Kier molecular flexibility index (Phi) is 4.05. The van der Waals surface area contributed by atoms with Gasteiger partial charge in [0, 0.05) is 24.8 Å². The topological polar surface area (TPSA) is 109 Å². The average Bonchev–Trinajstić information content (AvgIpc) is 3.01. The van der Waals surface area contributed by atoms with Gasteiger partial charge in [-0.15, -0.1) is 0 Å². The first-order chi connectivity index (χ1) is 11.0. The van der Waals surface area contributed by atoms with Crippen molar-refractivity contribution < 1.29 is 19.2 Å². The van der Waals surface area contributed by atoms with Gasteiger partial charge in [-0.3, -0.25) is 4.79 Å². The SMILES string of the molecule is Cc1noc(C2CCCN(C(=O)c3ccnc(C(=O)O)c3)C2)n1. The van der Waals surface area contributed by atoms with Gasteiger partial charge < -0.3 is 14.5 Å². The van der Waals surface area contributed by atoms with E-state index in [-0.39, 0.29) is 17.5 Å². The maximum absolute atomic E-state index is 12.6. The van der Waals surface area contributed by atoms with Crippen molar-refractivity contribution in [1.29, 1.82) is 0 Å². The molecule has 8 nitrogen and oxygen atoms in total. The summed E-state index contributed by atoms with van der Waals surface area (Å²) in [4.78, 5) is 33.2. The van der Waals surface area contributed by atoms with Crippen LogP contribution in [-0.2, 0) is 0 Å². The fraction of sp³-hybridized carbons (Fsp3) is 0.400. The molecule has 1 saturated heterocycles. The van der Waals surface area contributed by atoms with Gasteiger partial charge in [-0.25, -0.2) is 9.78 Å². The Bertz CT molecular complexity index is 743. The molecule has 1 atom stereocenters. The Balaban J connectivity index is 1.77. The lowest BCUT2D eigenvalue weighted by Crippen LogP contribution is -2.39. The minimum absolute atomic E-state index is 0.00896. The van der Waals surface area contributed by atoms with Crippen molar-refractivity contribution in [3.05, 3.63) is 41.3 Å². The number of aryl methyl sites for hydroxylation is 1. The molecule has 1 amide bonds. The molecule has 3 rings (SSSR count). The molecule has 0 radical (unpaired) electrons. The number of carbonyl (C=O) groups excluding carboxylic acids is 1. The number of rotatable bonds is 3. The molecule has 23 heavy (non-hydrogen) atoms. The normalized spacial score (nSPS) is 18.0. The molecule has 1 fully saturated rings. The number of nitrogens with zero attached hydrogens (tertiary/aromatic N) is 4. The van der Waals surface area contributed by atoms with Crippen molar-refractivity contribution in [2.45, 2.75) is 25.7 Å². The summed E-state index contributed by atoms with van der Waals surface area (Å²) in [5.74, 6) is -0.243. The number of hydrogen-bond acceptors (Lipinski definition) is 6. The summed E-state index contributed by atoms with van der Waals surface area (Å²) in [6.07, 6.45) is 3.04. The van der Waals surface area contributed by atoms with Crippen LogP contribution < -0.4 is 0 Å². The first kappa shape index (κ1) is 15.1. The first-order valence-corrected chi connectivity index (χ1v) is 7.33. The molecule has 0 saturated carbocycles. The van der Waals surface area contributed by atoms with Gasteiger partial charge in [-0.1, -0.05) is 5.16 Å². The third-order valence-corrected chi connectivity index (χ3v) is 3.83. The second-order valence-electron chi connectivity index (χ2n) is 5.51. The summed E-state index contributed by atoms with van der Waals surface area (Å²) in [6, 6.07) is 2.82. The van der Waals surface area contributed by atoms with Crippen molar-refractivity contribution in [1.82, 2.24) is 20.0 Å². The molecule has 3 heterocycles. The molecule has 0 aliphatic carbocycles.